The van der Waals surface area contributed by atoms with Gasteiger partial charge in [-0.05, 0) is 55.2 Å². The Hall–Kier alpha value is -0.990. The second kappa shape index (κ2) is 5.79. The zero-order chi connectivity index (χ0) is 14.1. The summed E-state index contributed by atoms with van der Waals surface area (Å²) in [5.41, 5.74) is 6.51. The molecule has 0 radical (unpaired) electrons. The maximum atomic E-state index is 6.13. The molecule has 0 unspecified atom stereocenters. The maximum Gasteiger partial charge on any atom is 0.0495 e. The lowest BCUT2D eigenvalue weighted by molar-refractivity contribution is 0.764. The van der Waals surface area contributed by atoms with Gasteiger partial charge in [-0.3, -0.25) is 0 Å². The summed E-state index contributed by atoms with van der Waals surface area (Å²) in [6.07, 6.45) is 2.36. The molecule has 2 aromatic rings. The van der Waals surface area contributed by atoms with Crippen LogP contribution in [0.3, 0.4) is 0 Å². The van der Waals surface area contributed by atoms with E-state index in [4.69, 9.17) is 11.6 Å². The topological polar surface area (TPSA) is 3.24 Å². The number of fused-ring (bicyclic) bond motifs is 1. The molecule has 0 aromatic heterocycles. The normalized spacial score (nSPS) is 14.2. The fourth-order valence-electron chi connectivity index (χ4n) is 2.90. The smallest absolute Gasteiger partial charge is 0.0495 e. The van der Waals surface area contributed by atoms with Crippen molar-refractivity contribution in [2.45, 2.75) is 25.6 Å². The number of nitrogens with zero attached hydrogens (tertiary/aromatic N) is 1. The summed E-state index contributed by atoms with van der Waals surface area (Å²) in [4.78, 5) is 2.41. The summed E-state index contributed by atoms with van der Waals surface area (Å²) in [7, 11) is 0. The van der Waals surface area contributed by atoms with Gasteiger partial charge in [0.2, 0.25) is 0 Å². The monoisotopic (exact) mass is 349 g/mol. The van der Waals surface area contributed by atoms with Crippen molar-refractivity contribution in [3.05, 3.63) is 57.6 Å². The van der Waals surface area contributed by atoms with E-state index >= 15 is 0 Å². The Kier molecular flexibility index (Phi) is 4.04. The van der Waals surface area contributed by atoms with Crippen molar-refractivity contribution in [2.24, 2.45) is 0 Å². The molecule has 0 saturated carbocycles. The molecule has 0 amide bonds. The van der Waals surface area contributed by atoms with Gasteiger partial charge in [0, 0.05) is 28.3 Å². The Morgan fingerprint density at radius 2 is 1.95 bits per heavy atom. The van der Waals surface area contributed by atoms with Crippen molar-refractivity contribution in [3.8, 4) is 0 Å². The lowest BCUT2D eigenvalue weighted by Gasteiger charge is -2.33. The van der Waals surface area contributed by atoms with Crippen LogP contribution in [0.2, 0.25) is 0 Å². The highest BCUT2D eigenvalue weighted by Crippen LogP contribution is 2.37. The van der Waals surface area contributed by atoms with Gasteiger partial charge in [0.05, 0.1) is 0 Å². The fourth-order valence-corrected chi connectivity index (χ4v) is 3.52. The molecule has 0 saturated heterocycles. The predicted molar refractivity (Wildman–Crippen MR) is 90.2 cm³/mol. The van der Waals surface area contributed by atoms with Crippen molar-refractivity contribution < 1.29 is 0 Å². The number of halogens is 2. The first-order valence-electron chi connectivity index (χ1n) is 6.90. The molecule has 2 aromatic carbocycles. The van der Waals surface area contributed by atoms with Crippen LogP contribution in [0.5, 0.6) is 0 Å². The van der Waals surface area contributed by atoms with Gasteiger partial charge in [0.25, 0.3) is 0 Å². The number of anilines is 2. The first-order chi connectivity index (χ1) is 9.69. The molecule has 1 aliphatic heterocycles. The summed E-state index contributed by atoms with van der Waals surface area (Å²) in [5, 5.41) is 0. The standard InChI is InChI=1S/C17H17BrClN/c1-12-4-6-16-13(9-12)3-2-8-20(16)17-7-5-15(18)10-14(17)11-19/h4-7,9-10H,2-3,8,11H2,1H3. The van der Waals surface area contributed by atoms with Crippen molar-refractivity contribution in [2.75, 3.05) is 11.4 Å². The second-order valence-electron chi connectivity index (χ2n) is 5.29. The van der Waals surface area contributed by atoms with Crippen LogP contribution in [0.4, 0.5) is 11.4 Å². The first-order valence-corrected chi connectivity index (χ1v) is 8.23. The SMILES string of the molecule is Cc1ccc2c(c1)CCCN2c1ccc(Br)cc1CCl. The van der Waals surface area contributed by atoms with Gasteiger partial charge in [-0.1, -0.05) is 33.6 Å². The van der Waals surface area contributed by atoms with Gasteiger partial charge < -0.3 is 4.90 Å². The molecule has 1 heterocycles. The number of rotatable bonds is 2. The molecule has 0 fully saturated rings. The third-order valence-electron chi connectivity index (χ3n) is 3.83. The minimum atomic E-state index is 0.534. The van der Waals surface area contributed by atoms with Crippen LogP contribution in [0, 0.1) is 6.92 Å². The molecule has 3 rings (SSSR count). The molecule has 3 heteroatoms. The van der Waals surface area contributed by atoms with Gasteiger partial charge in [-0.2, -0.15) is 0 Å². The summed E-state index contributed by atoms with van der Waals surface area (Å²) < 4.78 is 1.08. The molecule has 104 valence electrons. The highest BCUT2D eigenvalue weighted by atomic mass is 79.9. The predicted octanol–water partition coefficient (Wildman–Crippen LogP) is 5.58. The summed E-state index contributed by atoms with van der Waals surface area (Å²) in [5.74, 6) is 0.534. The fraction of sp³-hybridized carbons (Fsp3) is 0.294. The zero-order valence-electron chi connectivity index (χ0n) is 11.5. The largest absolute Gasteiger partial charge is 0.341 e. The molecule has 0 aliphatic carbocycles. The molecule has 1 nitrogen and oxygen atoms in total. The van der Waals surface area contributed by atoms with Gasteiger partial charge in [0.15, 0.2) is 0 Å². The molecule has 0 spiro atoms. The highest BCUT2D eigenvalue weighted by Gasteiger charge is 2.20. The molecule has 20 heavy (non-hydrogen) atoms. The van der Waals surface area contributed by atoms with E-state index < -0.39 is 0 Å². The highest BCUT2D eigenvalue weighted by molar-refractivity contribution is 9.10. The minimum absolute atomic E-state index is 0.534. The van der Waals surface area contributed by atoms with Gasteiger partial charge in [-0.15, -0.1) is 11.6 Å². The third-order valence-corrected chi connectivity index (χ3v) is 4.61. The Balaban J connectivity index is 2.09. The van der Waals surface area contributed by atoms with Crippen LogP contribution in [-0.2, 0) is 12.3 Å². The molecule has 0 bridgehead atoms. The number of hydrogen-bond acceptors (Lipinski definition) is 1. The number of aryl methyl sites for hydroxylation is 2. The molecule has 0 N–H and O–H groups in total. The van der Waals surface area contributed by atoms with Crippen molar-refractivity contribution in [1.82, 2.24) is 0 Å². The number of benzene rings is 2. The van der Waals surface area contributed by atoms with Crippen LogP contribution in [0.15, 0.2) is 40.9 Å². The molecular formula is C17H17BrClN. The van der Waals surface area contributed by atoms with Crippen LogP contribution in [-0.4, -0.2) is 6.54 Å². The van der Waals surface area contributed by atoms with E-state index in [-0.39, 0.29) is 0 Å². The average molecular weight is 351 g/mol. The quantitative estimate of drug-likeness (QED) is 0.639. The lowest BCUT2D eigenvalue weighted by Crippen LogP contribution is -2.25. The van der Waals surface area contributed by atoms with Gasteiger partial charge in [0.1, 0.15) is 0 Å². The van der Waals surface area contributed by atoms with E-state index in [9.17, 15) is 0 Å². The zero-order valence-corrected chi connectivity index (χ0v) is 13.8. The Morgan fingerprint density at radius 1 is 1.15 bits per heavy atom. The van der Waals surface area contributed by atoms with E-state index in [1.807, 2.05) is 0 Å². The van der Waals surface area contributed by atoms with Crippen molar-refractivity contribution >= 4 is 38.9 Å². The van der Waals surface area contributed by atoms with Crippen molar-refractivity contribution in [3.63, 3.8) is 0 Å². The van der Waals surface area contributed by atoms with Crippen molar-refractivity contribution in [1.29, 1.82) is 0 Å². The van der Waals surface area contributed by atoms with E-state index in [0.717, 1.165) is 11.0 Å². The third kappa shape index (κ3) is 2.59. The van der Waals surface area contributed by atoms with E-state index in [1.165, 1.54) is 40.9 Å². The average Bonchev–Trinajstić information content (AvgIpc) is 2.46. The number of alkyl halides is 1. The Labute approximate surface area is 133 Å². The van der Waals surface area contributed by atoms with Crippen LogP contribution >= 0.6 is 27.5 Å². The lowest BCUT2D eigenvalue weighted by atomic mass is 9.98. The van der Waals surface area contributed by atoms with E-state index in [0.29, 0.717) is 5.88 Å². The van der Waals surface area contributed by atoms with E-state index in [1.54, 1.807) is 0 Å². The van der Waals surface area contributed by atoms with Crippen LogP contribution < -0.4 is 4.90 Å². The Bertz CT molecular complexity index is 639. The van der Waals surface area contributed by atoms with Gasteiger partial charge >= 0.3 is 0 Å². The Morgan fingerprint density at radius 3 is 2.75 bits per heavy atom. The van der Waals surface area contributed by atoms with E-state index in [2.05, 4.69) is 64.2 Å². The summed E-state index contributed by atoms with van der Waals surface area (Å²) in [6, 6.07) is 13.1. The van der Waals surface area contributed by atoms with Crippen LogP contribution in [0.25, 0.3) is 0 Å². The number of hydrogen-bond donors (Lipinski definition) is 0. The first kappa shape index (κ1) is 14.0. The minimum Gasteiger partial charge on any atom is -0.341 e. The van der Waals surface area contributed by atoms with Gasteiger partial charge in [-0.25, -0.2) is 0 Å². The summed E-state index contributed by atoms with van der Waals surface area (Å²) >= 11 is 9.65. The second-order valence-corrected chi connectivity index (χ2v) is 6.48. The molecule has 0 atom stereocenters. The summed E-state index contributed by atoms with van der Waals surface area (Å²) in [6.45, 7) is 3.21. The molecule has 1 aliphatic rings. The maximum absolute atomic E-state index is 6.13. The molecular weight excluding hydrogens is 334 g/mol. The van der Waals surface area contributed by atoms with Crippen LogP contribution in [0.1, 0.15) is 23.1 Å².